The van der Waals surface area contributed by atoms with E-state index < -0.39 is 10.0 Å². The number of sulfonamides is 1. The van der Waals surface area contributed by atoms with Crippen LogP contribution in [-0.2, 0) is 14.8 Å². The van der Waals surface area contributed by atoms with E-state index in [4.69, 9.17) is 27.9 Å². The second-order valence-electron chi connectivity index (χ2n) is 6.98. The Labute approximate surface area is 193 Å². The van der Waals surface area contributed by atoms with Crippen LogP contribution in [0.5, 0.6) is 5.75 Å². The van der Waals surface area contributed by atoms with Crippen molar-refractivity contribution in [2.45, 2.75) is 19.8 Å². The highest BCUT2D eigenvalue weighted by Gasteiger charge is 2.14. The van der Waals surface area contributed by atoms with Gasteiger partial charge in [-0.25, -0.2) is 8.42 Å². The number of halogens is 2. The maximum Gasteiger partial charge on any atom is 0.260 e. The third-order valence-electron chi connectivity index (χ3n) is 4.28. The molecular formula is C21H27Cl2N3O4S. The number of hydrogen-bond donors (Lipinski definition) is 2. The molecule has 31 heavy (non-hydrogen) atoms. The van der Waals surface area contributed by atoms with Gasteiger partial charge in [0.05, 0.1) is 16.3 Å². The Morgan fingerprint density at radius 1 is 1.03 bits per heavy atom. The molecule has 0 atom stereocenters. The molecule has 7 nitrogen and oxygen atoms in total. The summed E-state index contributed by atoms with van der Waals surface area (Å²) in [5, 5.41) is 4.20. The highest BCUT2D eigenvalue weighted by atomic mass is 35.5. The van der Waals surface area contributed by atoms with Gasteiger partial charge in [0.25, 0.3) is 5.91 Å². The van der Waals surface area contributed by atoms with Gasteiger partial charge in [-0.15, -0.1) is 0 Å². The molecule has 0 aliphatic carbocycles. The van der Waals surface area contributed by atoms with Crippen molar-refractivity contribution in [1.29, 1.82) is 0 Å². The summed E-state index contributed by atoms with van der Waals surface area (Å²) in [7, 11) is -3.34. The molecule has 1 amide bonds. The maximum absolute atomic E-state index is 12.7. The molecule has 0 bridgehead atoms. The lowest BCUT2D eigenvalue weighted by Gasteiger charge is -2.23. The van der Waals surface area contributed by atoms with E-state index in [1.54, 1.807) is 41.3 Å². The van der Waals surface area contributed by atoms with E-state index in [-0.39, 0.29) is 12.5 Å². The fraction of sp³-hybridized carbons (Fsp3) is 0.381. The summed E-state index contributed by atoms with van der Waals surface area (Å²) in [5.74, 6) is 0.361. The minimum Gasteiger partial charge on any atom is -0.484 e. The van der Waals surface area contributed by atoms with Crippen LogP contribution in [0.15, 0.2) is 42.5 Å². The second kappa shape index (κ2) is 12.0. The first-order chi connectivity index (χ1) is 14.7. The van der Waals surface area contributed by atoms with E-state index in [0.717, 1.165) is 24.8 Å². The second-order valence-corrected chi connectivity index (χ2v) is 9.54. The molecule has 0 saturated carbocycles. The number of nitrogens with one attached hydrogen (secondary N) is 2. The zero-order valence-corrected chi connectivity index (χ0v) is 19.9. The number of benzene rings is 2. The van der Waals surface area contributed by atoms with Crippen molar-refractivity contribution >= 4 is 50.5 Å². The number of amides is 1. The normalized spacial score (nSPS) is 11.1. The average Bonchev–Trinajstić information content (AvgIpc) is 2.71. The van der Waals surface area contributed by atoms with Crippen LogP contribution < -0.4 is 14.8 Å². The number of carbonyl (C=O) groups excluding carboxylic acids is 1. The molecule has 0 aliphatic heterocycles. The Morgan fingerprint density at radius 2 is 1.71 bits per heavy atom. The van der Waals surface area contributed by atoms with Crippen molar-refractivity contribution in [3.63, 3.8) is 0 Å². The van der Waals surface area contributed by atoms with Crippen LogP contribution in [0.3, 0.4) is 0 Å². The summed E-state index contributed by atoms with van der Waals surface area (Å²) in [4.78, 5) is 14.4. The summed E-state index contributed by atoms with van der Waals surface area (Å²) in [6.07, 6.45) is 2.95. The molecule has 170 valence electrons. The molecule has 0 unspecified atom stereocenters. The number of unbranched alkanes of at least 4 members (excludes halogenated alkanes) is 1. The van der Waals surface area contributed by atoms with Crippen molar-refractivity contribution in [1.82, 2.24) is 4.90 Å². The molecule has 2 N–H and O–H groups in total. The van der Waals surface area contributed by atoms with Gasteiger partial charge in [-0.1, -0.05) is 36.5 Å². The first-order valence-corrected chi connectivity index (χ1v) is 12.5. The van der Waals surface area contributed by atoms with Crippen molar-refractivity contribution in [2.75, 3.05) is 42.5 Å². The molecule has 0 radical (unpaired) electrons. The highest BCUT2D eigenvalue weighted by molar-refractivity contribution is 7.92. The van der Waals surface area contributed by atoms with Crippen LogP contribution in [-0.4, -0.2) is 51.7 Å². The van der Waals surface area contributed by atoms with E-state index >= 15 is 0 Å². The molecule has 0 spiro atoms. The zero-order chi connectivity index (χ0) is 22.9. The van der Waals surface area contributed by atoms with Crippen molar-refractivity contribution < 1.29 is 17.9 Å². The molecule has 2 aromatic carbocycles. The van der Waals surface area contributed by atoms with Crippen molar-refractivity contribution in [3.8, 4) is 5.75 Å². The molecule has 2 aromatic rings. The number of anilines is 2. The third kappa shape index (κ3) is 9.25. The van der Waals surface area contributed by atoms with E-state index in [0.29, 0.717) is 41.1 Å². The fourth-order valence-corrected chi connectivity index (χ4v) is 3.58. The lowest BCUT2D eigenvalue weighted by atomic mass is 10.3. The van der Waals surface area contributed by atoms with E-state index in [1.165, 1.54) is 0 Å². The minimum absolute atomic E-state index is 0.102. The highest BCUT2D eigenvalue weighted by Crippen LogP contribution is 2.24. The van der Waals surface area contributed by atoms with E-state index in [1.807, 2.05) is 6.07 Å². The van der Waals surface area contributed by atoms with Crippen LogP contribution in [0.2, 0.25) is 10.0 Å². The Morgan fingerprint density at radius 3 is 2.32 bits per heavy atom. The van der Waals surface area contributed by atoms with Crippen LogP contribution >= 0.6 is 23.2 Å². The first-order valence-electron chi connectivity index (χ1n) is 9.85. The molecule has 10 heteroatoms. The zero-order valence-electron chi connectivity index (χ0n) is 17.5. The van der Waals surface area contributed by atoms with Crippen LogP contribution in [0, 0.1) is 0 Å². The number of ether oxygens (including phenoxy) is 1. The lowest BCUT2D eigenvalue weighted by Crippen LogP contribution is -2.38. The van der Waals surface area contributed by atoms with Crippen LogP contribution in [0.25, 0.3) is 0 Å². The summed E-state index contributed by atoms with van der Waals surface area (Å²) >= 11 is 12.0. The monoisotopic (exact) mass is 487 g/mol. The van der Waals surface area contributed by atoms with Crippen molar-refractivity contribution in [3.05, 3.63) is 52.5 Å². The molecule has 0 saturated heterocycles. The van der Waals surface area contributed by atoms with E-state index in [9.17, 15) is 13.2 Å². The SMILES string of the molecule is CCCCN(CCNc1ccc(Cl)c(Cl)c1)C(=O)COc1ccc(NS(C)(=O)=O)cc1. The van der Waals surface area contributed by atoms with Gasteiger partial charge in [-0.05, 0) is 48.9 Å². The number of rotatable bonds is 12. The third-order valence-corrected chi connectivity index (χ3v) is 5.63. The Kier molecular flexibility index (Phi) is 9.74. The van der Waals surface area contributed by atoms with Gasteiger partial charge in [-0.2, -0.15) is 0 Å². The smallest absolute Gasteiger partial charge is 0.260 e. The minimum atomic E-state index is -3.34. The Hall–Kier alpha value is -2.16. The molecule has 0 aliphatic rings. The topological polar surface area (TPSA) is 87.7 Å². The summed E-state index contributed by atoms with van der Waals surface area (Å²) < 4.78 is 30.5. The van der Waals surface area contributed by atoms with Crippen LogP contribution in [0.4, 0.5) is 11.4 Å². The van der Waals surface area contributed by atoms with Crippen LogP contribution in [0.1, 0.15) is 19.8 Å². The first kappa shape index (κ1) is 25.1. The molecule has 0 aromatic heterocycles. The van der Waals surface area contributed by atoms with Gasteiger partial charge in [0.2, 0.25) is 10.0 Å². The Bertz CT molecular complexity index is 969. The quantitative estimate of drug-likeness (QED) is 0.460. The lowest BCUT2D eigenvalue weighted by molar-refractivity contribution is -0.133. The summed E-state index contributed by atoms with van der Waals surface area (Å²) in [6, 6.07) is 11.7. The largest absolute Gasteiger partial charge is 0.484 e. The van der Waals surface area contributed by atoms with Gasteiger partial charge in [0.15, 0.2) is 6.61 Å². The maximum atomic E-state index is 12.7. The predicted octanol–water partition coefficient (Wildman–Crippen LogP) is 4.48. The van der Waals surface area contributed by atoms with Gasteiger partial charge >= 0.3 is 0 Å². The number of carbonyl (C=O) groups is 1. The molecule has 2 rings (SSSR count). The number of nitrogens with zero attached hydrogens (tertiary/aromatic N) is 1. The molecule has 0 heterocycles. The van der Waals surface area contributed by atoms with Crippen molar-refractivity contribution in [2.24, 2.45) is 0 Å². The van der Waals surface area contributed by atoms with Gasteiger partial charge < -0.3 is 15.0 Å². The van der Waals surface area contributed by atoms with Gasteiger partial charge in [0, 0.05) is 31.0 Å². The Balaban J connectivity index is 1.87. The number of hydrogen-bond acceptors (Lipinski definition) is 5. The summed E-state index contributed by atoms with van der Waals surface area (Å²) in [5.41, 5.74) is 1.26. The van der Waals surface area contributed by atoms with Gasteiger partial charge in [0.1, 0.15) is 5.75 Å². The van der Waals surface area contributed by atoms with E-state index in [2.05, 4.69) is 17.0 Å². The standard InChI is InChI=1S/C21H27Cl2N3O4S/c1-3-4-12-26(13-11-24-17-7-10-19(22)20(23)14-17)21(27)15-30-18-8-5-16(6-9-18)25-31(2,28)29/h5-10,14,24-25H,3-4,11-13,15H2,1-2H3. The predicted molar refractivity (Wildman–Crippen MR) is 127 cm³/mol. The van der Waals surface area contributed by atoms with Gasteiger partial charge in [-0.3, -0.25) is 9.52 Å². The molecule has 0 fully saturated rings. The summed E-state index contributed by atoms with van der Waals surface area (Å²) in [6.45, 7) is 3.67. The molecular weight excluding hydrogens is 461 g/mol. The fourth-order valence-electron chi connectivity index (χ4n) is 2.72. The average molecular weight is 488 g/mol.